The molecule has 1 aliphatic heterocycles. The molecule has 0 aliphatic carbocycles. The number of pyridine rings is 2. The number of carbonyl (C=O) groups is 1. The van der Waals surface area contributed by atoms with Crippen LogP contribution in [0.2, 0.25) is 0 Å². The number of carbonyl (C=O) groups excluding carboxylic acids is 1. The van der Waals surface area contributed by atoms with Crippen molar-refractivity contribution in [2.45, 2.75) is 42.7 Å². The van der Waals surface area contributed by atoms with E-state index in [0.29, 0.717) is 5.56 Å². The van der Waals surface area contributed by atoms with Crippen LogP contribution in [0.3, 0.4) is 0 Å². The first-order chi connectivity index (χ1) is 20.9. The largest absolute Gasteiger partial charge is 0.390 e. The van der Waals surface area contributed by atoms with Crippen LogP contribution < -0.4 is 5.32 Å². The molecule has 4 atom stereocenters. The Morgan fingerprint density at radius 2 is 1.73 bits per heavy atom. The summed E-state index contributed by atoms with van der Waals surface area (Å²) in [6, 6.07) is 12.3. The van der Waals surface area contributed by atoms with Gasteiger partial charge in [0.1, 0.15) is 41.0 Å². The van der Waals surface area contributed by atoms with Crippen molar-refractivity contribution in [2.24, 2.45) is 0 Å². The Morgan fingerprint density at radius 1 is 1.02 bits per heavy atom. The normalized spacial score (nSPS) is 20.3. The van der Waals surface area contributed by atoms with Gasteiger partial charge in [-0.1, -0.05) is 23.8 Å². The van der Waals surface area contributed by atoms with E-state index in [2.05, 4.69) is 15.3 Å². The van der Waals surface area contributed by atoms with Crippen molar-refractivity contribution in [3.63, 3.8) is 0 Å². The molecule has 0 radical (unpaired) electrons. The van der Waals surface area contributed by atoms with Crippen LogP contribution in [0.5, 0.6) is 0 Å². The number of anilines is 1. The molecule has 10 nitrogen and oxygen atoms in total. The average molecular weight is 630 g/mol. The van der Waals surface area contributed by atoms with Crippen LogP contribution in [-0.2, 0) is 19.0 Å². The molecule has 44 heavy (non-hydrogen) atoms. The second kappa shape index (κ2) is 12.8. The first kappa shape index (κ1) is 31.2. The van der Waals surface area contributed by atoms with Gasteiger partial charge >= 0.3 is 0 Å². The number of benzene rings is 2. The van der Waals surface area contributed by atoms with Crippen molar-refractivity contribution >= 4 is 21.7 Å². The van der Waals surface area contributed by atoms with E-state index < -0.39 is 75.8 Å². The third-order valence-corrected chi connectivity index (χ3v) is 8.29. The van der Waals surface area contributed by atoms with Gasteiger partial charge in [-0.15, -0.1) is 0 Å². The van der Waals surface area contributed by atoms with E-state index in [9.17, 15) is 36.6 Å². The molecule has 2 aromatic heterocycles. The summed E-state index contributed by atoms with van der Waals surface area (Å²) in [7, 11) is -4.21. The molecular formula is C30H26F3N3O7S. The number of aromatic nitrogens is 2. The second-order valence-corrected chi connectivity index (χ2v) is 11.7. The van der Waals surface area contributed by atoms with E-state index in [4.69, 9.17) is 8.92 Å². The number of nitrogens with zero attached hydrogens (tertiary/aromatic N) is 2. The minimum atomic E-state index is -4.21. The molecule has 0 saturated carbocycles. The van der Waals surface area contributed by atoms with Crippen LogP contribution in [-0.4, -0.2) is 59.4 Å². The Kier molecular flexibility index (Phi) is 9.08. The van der Waals surface area contributed by atoms with Crippen LogP contribution in [0.25, 0.3) is 11.3 Å². The van der Waals surface area contributed by atoms with Crippen LogP contribution in [0, 0.1) is 24.4 Å². The summed E-state index contributed by atoms with van der Waals surface area (Å²) in [6.07, 6.45) is -2.57. The van der Waals surface area contributed by atoms with Crippen molar-refractivity contribution in [3.8, 4) is 11.3 Å². The van der Waals surface area contributed by atoms with Gasteiger partial charge in [-0.3, -0.25) is 14.0 Å². The van der Waals surface area contributed by atoms with Crippen LogP contribution in [0.4, 0.5) is 18.9 Å². The topological polar surface area (TPSA) is 148 Å². The number of aliphatic hydroxyl groups is 2. The highest BCUT2D eigenvalue weighted by molar-refractivity contribution is 7.86. The lowest BCUT2D eigenvalue weighted by atomic mass is 9.94. The molecule has 3 heterocycles. The van der Waals surface area contributed by atoms with Crippen LogP contribution >= 0.6 is 0 Å². The molecule has 230 valence electrons. The third kappa shape index (κ3) is 6.64. The Labute approximate surface area is 250 Å². The lowest BCUT2D eigenvalue weighted by molar-refractivity contribution is -0.178. The van der Waals surface area contributed by atoms with Crippen molar-refractivity contribution in [3.05, 3.63) is 107 Å². The lowest BCUT2D eigenvalue weighted by Crippen LogP contribution is -2.48. The summed E-state index contributed by atoms with van der Waals surface area (Å²) in [6.45, 7) is 1.17. The number of aryl methyl sites for hydroxylation is 1. The molecule has 0 spiro atoms. The van der Waals surface area contributed by atoms with Gasteiger partial charge in [0.15, 0.2) is 0 Å². The van der Waals surface area contributed by atoms with E-state index in [-0.39, 0.29) is 22.7 Å². The molecule has 1 amide bonds. The number of halogens is 3. The first-order valence-electron chi connectivity index (χ1n) is 13.3. The summed E-state index contributed by atoms with van der Waals surface area (Å²) in [4.78, 5) is 20.9. The van der Waals surface area contributed by atoms with Crippen molar-refractivity contribution < 1.29 is 45.5 Å². The van der Waals surface area contributed by atoms with E-state index in [1.807, 2.05) is 0 Å². The molecule has 4 unspecified atom stereocenters. The van der Waals surface area contributed by atoms with Crippen molar-refractivity contribution in [2.75, 3.05) is 11.9 Å². The van der Waals surface area contributed by atoms with E-state index in [1.54, 1.807) is 19.1 Å². The molecule has 1 fully saturated rings. The monoisotopic (exact) mass is 629 g/mol. The Hall–Kier alpha value is -4.21. The molecule has 2 aromatic carbocycles. The van der Waals surface area contributed by atoms with Crippen molar-refractivity contribution in [1.29, 1.82) is 0 Å². The van der Waals surface area contributed by atoms with Gasteiger partial charge in [0.05, 0.1) is 41.2 Å². The Morgan fingerprint density at radius 3 is 2.43 bits per heavy atom. The number of ether oxygens (including phenoxy) is 1. The quantitative estimate of drug-likeness (QED) is 0.245. The molecule has 1 saturated heterocycles. The predicted molar refractivity (Wildman–Crippen MR) is 150 cm³/mol. The standard InChI is InChI=1S/C30H26F3N3O7S/c1-16-5-7-17(8-6-16)44(40,41)42-15-26-29(38)24(37)13-25(43-26)18-11-12-34-14-23(18)36-30(39)22-10-9-21(33)28(35-22)27-19(31)3-2-4-20(27)32/h2-12,14,24-26,29,37-38H,13,15H2,1H3,(H,36,39). The van der Waals surface area contributed by atoms with E-state index in [0.717, 1.165) is 35.9 Å². The summed E-state index contributed by atoms with van der Waals surface area (Å²) < 4.78 is 79.5. The maximum Gasteiger partial charge on any atom is 0.297 e. The summed E-state index contributed by atoms with van der Waals surface area (Å²) in [5, 5.41) is 23.6. The highest BCUT2D eigenvalue weighted by Crippen LogP contribution is 2.36. The zero-order valence-electron chi connectivity index (χ0n) is 23.0. The summed E-state index contributed by atoms with van der Waals surface area (Å²) >= 11 is 0. The van der Waals surface area contributed by atoms with Gasteiger partial charge in [-0.2, -0.15) is 8.42 Å². The molecule has 3 N–H and O–H groups in total. The number of aliphatic hydroxyl groups excluding tert-OH is 2. The average Bonchev–Trinajstić information content (AvgIpc) is 2.99. The van der Waals surface area contributed by atoms with Gasteiger partial charge in [-0.05, 0) is 49.4 Å². The zero-order chi connectivity index (χ0) is 31.6. The fourth-order valence-corrected chi connectivity index (χ4v) is 5.58. The molecule has 0 bridgehead atoms. The van der Waals surface area contributed by atoms with Crippen LogP contribution in [0.15, 0.2) is 78.0 Å². The number of hydrogen-bond donors (Lipinski definition) is 3. The molecular weight excluding hydrogens is 603 g/mol. The second-order valence-electron chi connectivity index (χ2n) is 10.0. The minimum Gasteiger partial charge on any atom is -0.390 e. The summed E-state index contributed by atoms with van der Waals surface area (Å²) in [5.41, 5.74) is -0.573. The molecule has 1 aliphatic rings. The fraction of sp³-hybridized carbons (Fsp3) is 0.233. The third-order valence-electron chi connectivity index (χ3n) is 6.99. The van der Waals surface area contributed by atoms with E-state index >= 15 is 0 Å². The van der Waals surface area contributed by atoms with E-state index in [1.165, 1.54) is 30.6 Å². The Bertz CT molecular complexity index is 1770. The van der Waals surface area contributed by atoms with Gasteiger partial charge in [0.2, 0.25) is 0 Å². The molecule has 5 rings (SSSR count). The van der Waals surface area contributed by atoms with Crippen molar-refractivity contribution in [1.82, 2.24) is 9.97 Å². The lowest BCUT2D eigenvalue weighted by Gasteiger charge is -2.37. The summed E-state index contributed by atoms with van der Waals surface area (Å²) in [5.74, 6) is -4.06. The number of rotatable bonds is 8. The van der Waals surface area contributed by atoms with Crippen LogP contribution in [0.1, 0.15) is 34.1 Å². The van der Waals surface area contributed by atoms with Gasteiger partial charge in [-0.25, -0.2) is 18.2 Å². The van der Waals surface area contributed by atoms with Gasteiger partial charge in [0, 0.05) is 18.2 Å². The predicted octanol–water partition coefficient (Wildman–Crippen LogP) is 4.08. The number of amides is 1. The zero-order valence-corrected chi connectivity index (χ0v) is 23.8. The SMILES string of the molecule is Cc1ccc(S(=O)(=O)OCC2OC(c3ccncc3NC(=O)c3ccc(F)c(-c4c(F)cccc4F)n3)CC(O)C2O)cc1. The number of hydrogen-bond acceptors (Lipinski definition) is 9. The molecule has 4 aromatic rings. The Balaban J connectivity index is 1.35. The fourth-order valence-electron chi connectivity index (χ4n) is 4.67. The highest BCUT2D eigenvalue weighted by Gasteiger charge is 2.39. The smallest absolute Gasteiger partial charge is 0.297 e. The van der Waals surface area contributed by atoms with Gasteiger partial charge < -0.3 is 20.3 Å². The number of nitrogens with one attached hydrogen (secondary N) is 1. The first-order valence-corrected chi connectivity index (χ1v) is 14.7. The maximum atomic E-state index is 14.5. The maximum absolute atomic E-state index is 14.5. The van der Waals surface area contributed by atoms with Gasteiger partial charge in [0.25, 0.3) is 16.0 Å². The molecule has 14 heteroatoms. The highest BCUT2D eigenvalue weighted by atomic mass is 32.2. The minimum absolute atomic E-state index is 0.0859.